The lowest BCUT2D eigenvalue weighted by molar-refractivity contribution is -0.125. The fraction of sp³-hybridized carbons (Fsp3) is 0.633. The Morgan fingerprint density at radius 3 is 2.49 bits per heavy atom. The molecule has 2 unspecified atom stereocenters. The van der Waals surface area contributed by atoms with Gasteiger partial charge >= 0.3 is 5.97 Å². The van der Waals surface area contributed by atoms with Gasteiger partial charge in [-0.2, -0.15) is 0 Å². The number of amides is 1. The van der Waals surface area contributed by atoms with E-state index in [4.69, 9.17) is 9.94 Å². The first kappa shape index (κ1) is 26.0. The largest absolute Gasteiger partial charge is 0.478 e. The molecule has 4 aliphatic rings. The Morgan fingerprint density at radius 1 is 1.03 bits per heavy atom. The van der Waals surface area contributed by atoms with Gasteiger partial charge in [-0.15, -0.1) is 0 Å². The average molecular weight is 509 g/mol. The molecule has 7 heteroatoms. The van der Waals surface area contributed by atoms with E-state index in [1.807, 2.05) is 0 Å². The van der Waals surface area contributed by atoms with E-state index in [0.29, 0.717) is 24.3 Å². The molecule has 0 aliphatic heterocycles. The lowest BCUT2D eigenvalue weighted by atomic mass is 9.46. The highest BCUT2D eigenvalue weighted by atomic mass is 16.6. The van der Waals surface area contributed by atoms with Crippen molar-refractivity contribution in [2.45, 2.75) is 84.3 Å². The van der Waals surface area contributed by atoms with Crippen LogP contribution in [0.15, 0.2) is 41.1 Å². The van der Waals surface area contributed by atoms with E-state index in [9.17, 15) is 14.7 Å². The third-order valence-corrected chi connectivity index (χ3v) is 10.6. The lowest BCUT2D eigenvalue weighted by Crippen LogP contribution is -2.53. The molecule has 0 heterocycles. The molecule has 7 nitrogen and oxygen atoms in total. The molecule has 0 bridgehead atoms. The summed E-state index contributed by atoms with van der Waals surface area (Å²) >= 11 is 0. The van der Waals surface area contributed by atoms with Gasteiger partial charge in [-0.3, -0.25) is 4.79 Å². The van der Waals surface area contributed by atoms with Crippen LogP contribution in [0.5, 0.6) is 0 Å². The number of hydrogen-bond donors (Lipinski definition) is 3. The number of carboxylic acids is 1. The number of benzene rings is 1. The molecule has 5 rings (SSSR count). The van der Waals surface area contributed by atoms with Crippen molar-refractivity contribution >= 4 is 17.6 Å². The van der Waals surface area contributed by atoms with Gasteiger partial charge in [-0.05, 0) is 111 Å². The highest BCUT2D eigenvalue weighted by molar-refractivity contribution is 5.96. The van der Waals surface area contributed by atoms with E-state index in [-0.39, 0.29) is 28.9 Å². The smallest absolute Gasteiger partial charge is 0.335 e. The first-order chi connectivity index (χ1) is 17.5. The minimum atomic E-state index is -0.973. The van der Waals surface area contributed by atoms with Crippen LogP contribution in [0.2, 0.25) is 0 Å². The minimum Gasteiger partial charge on any atom is -0.478 e. The van der Waals surface area contributed by atoms with E-state index >= 15 is 0 Å². The van der Waals surface area contributed by atoms with Crippen LogP contribution in [0.3, 0.4) is 0 Å². The number of carbonyl (C=O) groups is 2. The maximum Gasteiger partial charge on any atom is 0.335 e. The maximum atomic E-state index is 12.2. The summed E-state index contributed by atoms with van der Waals surface area (Å²) in [5.74, 6) is 0.731. The lowest BCUT2D eigenvalue weighted by Gasteiger charge is -2.59. The molecule has 200 valence electrons. The first-order valence-corrected chi connectivity index (χ1v) is 13.7. The fourth-order valence-corrected chi connectivity index (χ4v) is 8.08. The summed E-state index contributed by atoms with van der Waals surface area (Å²) in [5.41, 5.74) is 3.11. The second kappa shape index (κ2) is 9.57. The number of nitrogens with one attached hydrogen (secondary N) is 1. The normalized spacial score (nSPS) is 37.7. The number of allylic oxidation sites excluding steroid dienone is 2. The summed E-state index contributed by atoms with van der Waals surface area (Å²) in [5, 5.41) is 27.2. The van der Waals surface area contributed by atoms with Gasteiger partial charge in [0.25, 0.3) is 5.91 Å². The van der Waals surface area contributed by atoms with Gasteiger partial charge in [-0.25, -0.2) is 4.79 Å². The number of fused-ring (bicyclic) bond motifs is 5. The summed E-state index contributed by atoms with van der Waals surface area (Å²) in [6.45, 7) is 6.99. The van der Waals surface area contributed by atoms with Crippen LogP contribution in [0, 0.1) is 28.6 Å². The summed E-state index contributed by atoms with van der Waals surface area (Å²) < 4.78 is 0. The van der Waals surface area contributed by atoms with Crippen molar-refractivity contribution in [1.82, 2.24) is 5.32 Å². The average Bonchev–Trinajstić information content (AvgIpc) is 3.11. The molecule has 3 saturated carbocycles. The molecule has 3 N–H and O–H groups in total. The van der Waals surface area contributed by atoms with Crippen molar-refractivity contribution in [3.05, 3.63) is 47.0 Å². The molecule has 37 heavy (non-hydrogen) atoms. The molecule has 1 aromatic rings. The predicted molar refractivity (Wildman–Crippen MR) is 141 cm³/mol. The fourth-order valence-electron chi connectivity index (χ4n) is 8.08. The molecule has 1 aromatic carbocycles. The molecule has 3 fully saturated rings. The van der Waals surface area contributed by atoms with Crippen molar-refractivity contribution in [3.8, 4) is 0 Å². The van der Waals surface area contributed by atoms with E-state index in [2.05, 4.69) is 37.3 Å². The summed E-state index contributed by atoms with van der Waals surface area (Å²) in [7, 11) is 0. The van der Waals surface area contributed by atoms with Gasteiger partial charge in [0.1, 0.15) is 0 Å². The zero-order chi connectivity index (χ0) is 26.4. The molecule has 0 saturated heterocycles. The second-order valence-electron chi connectivity index (χ2n) is 12.4. The van der Waals surface area contributed by atoms with E-state index in [1.165, 1.54) is 30.5 Å². The second-order valence-corrected chi connectivity index (χ2v) is 12.4. The van der Waals surface area contributed by atoms with Gasteiger partial charge in [-0.1, -0.05) is 36.7 Å². The van der Waals surface area contributed by atoms with E-state index < -0.39 is 11.6 Å². The van der Waals surface area contributed by atoms with Gasteiger partial charge in [0.15, 0.2) is 6.61 Å². The standard InChI is InChI=1S/C30H40N2O5/c1-28-13-10-22(32-37-18-26(33)31-17-19-4-6-20(7-5-19)27(34)35)16-21(28)8-9-23-24(28)11-14-29(2)25(23)12-15-30(29,3)36/h4-7,16,23-25,36H,8-15,17-18H2,1-3H3,(H,31,33)(H,34,35)/b32-22+/t23-,24?,25?,28+,29+,30+/m1/s1. The molecule has 1 amide bonds. The van der Waals surface area contributed by atoms with Crippen molar-refractivity contribution in [2.24, 2.45) is 33.7 Å². The number of oxime groups is 1. The summed E-state index contributed by atoms with van der Waals surface area (Å²) in [6.07, 6.45) is 10.8. The Morgan fingerprint density at radius 2 is 1.76 bits per heavy atom. The number of hydrogen-bond acceptors (Lipinski definition) is 5. The van der Waals surface area contributed by atoms with Crippen LogP contribution >= 0.6 is 0 Å². The molecular weight excluding hydrogens is 468 g/mol. The SMILES string of the molecule is C[C@]12CC/C(=N\OCC(=O)NCc3ccc(C(=O)O)cc3)C=C1CC[C@@H]1C2CC[C@@]2(C)C1CC[C@]2(C)O. The summed E-state index contributed by atoms with van der Waals surface area (Å²) in [4.78, 5) is 28.6. The van der Waals surface area contributed by atoms with Crippen molar-refractivity contribution in [3.63, 3.8) is 0 Å². The van der Waals surface area contributed by atoms with Gasteiger partial charge in [0.05, 0.1) is 16.9 Å². The highest BCUT2D eigenvalue weighted by Gasteiger charge is 2.62. The molecular formula is C30H40N2O5. The monoisotopic (exact) mass is 508 g/mol. The van der Waals surface area contributed by atoms with Crippen LogP contribution in [0.4, 0.5) is 0 Å². The highest BCUT2D eigenvalue weighted by Crippen LogP contribution is 2.67. The van der Waals surface area contributed by atoms with Gasteiger partial charge < -0.3 is 20.4 Å². The Kier molecular flexibility index (Phi) is 6.71. The van der Waals surface area contributed by atoms with E-state index in [1.54, 1.807) is 12.1 Å². The Balaban J connectivity index is 1.16. The van der Waals surface area contributed by atoms with Crippen LogP contribution in [0.1, 0.15) is 88.1 Å². The number of rotatable bonds is 6. The van der Waals surface area contributed by atoms with Crippen molar-refractivity contribution in [2.75, 3.05) is 6.61 Å². The number of aliphatic hydroxyl groups is 1. The molecule has 0 spiro atoms. The molecule has 0 aromatic heterocycles. The topological polar surface area (TPSA) is 108 Å². The number of carboxylic acid groups (broad SMARTS) is 1. The minimum absolute atomic E-state index is 0.0450. The van der Waals surface area contributed by atoms with Crippen LogP contribution in [-0.4, -0.2) is 40.0 Å². The van der Waals surface area contributed by atoms with Gasteiger partial charge in [0, 0.05) is 6.54 Å². The van der Waals surface area contributed by atoms with Crippen molar-refractivity contribution < 1.29 is 24.6 Å². The van der Waals surface area contributed by atoms with Crippen LogP contribution < -0.4 is 5.32 Å². The molecule has 0 radical (unpaired) electrons. The van der Waals surface area contributed by atoms with Crippen LogP contribution in [-0.2, 0) is 16.2 Å². The van der Waals surface area contributed by atoms with E-state index in [0.717, 1.165) is 49.8 Å². The predicted octanol–water partition coefficient (Wildman–Crippen LogP) is 5.09. The Hall–Kier alpha value is -2.67. The molecule has 4 aliphatic carbocycles. The first-order valence-electron chi connectivity index (χ1n) is 13.7. The zero-order valence-electron chi connectivity index (χ0n) is 22.3. The number of carbonyl (C=O) groups excluding carboxylic acids is 1. The quantitative estimate of drug-likeness (QED) is 0.464. The maximum absolute atomic E-state index is 12.2. The number of aromatic carboxylic acids is 1. The third-order valence-electron chi connectivity index (χ3n) is 10.6. The Labute approximate surface area is 219 Å². The van der Waals surface area contributed by atoms with Gasteiger partial charge in [0.2, 0.25) is 0 Å². The third kappa shape index (κ3) is 4.60. The van der Waals surface area contributed by atoms with Crippen LogP contribution in [0.25, 0.3) is 0 Å². The molecule has 6 atom stereocenters. The summed E-state index contributed by atoms with van der Waals surface area (Å²) in [6, 6.07) is 6.42. The Bertz CT molecular complexity index is 1120. The zero-order valence-corrected chi connectivity index (χ0v) is 22.3. The van der Waals surface area contributed by atoms with Crippen molar-refractivity contribution in [1.29, 1.82) is 0 Å². The number of nitrogens with zero attached hydrogens (tertiary/aromatic N) is 1.